The molecule has 150 valence electrons. The summed E-state index contributed by atoms with van der Waals surface area (Å²) in [6.45, 7) is 4.25. The number of thiophene rings is 1. The Balaban J connectivity index is 0.00000625. The number of ether oxygens (including phenoxy) is 1. The van der Waals surface area contributed by atoms with Gasteiger partial charge in [0.25, 0.3) is 0 Å². The van der Waals surface area contributed by atoms with Gasteiger partial charge in [0.2, 0.25) is 5.91 Å². The predicted molar refractivity (Wildman–Crippen MR) is 120 cm³/mol. The van der Waals surface area contributed by atoms with E-state index in [1.54, 1.807) is 37.4 Å². The molecule has 0 radical (unpaired) electrons. The van der Waals surface area contributed by atoms with Crippen LogP contribution in [0.5, 0.6) is 0 Å². The number of nitrogens with one attached hydrogen (secondary N) is 2. The van der Waals surface area contributed by atoms with Crippen molar-refractivity contribution in [2.45, 2.75) is 13.0 Å². The molecule has 1 aromatic heterocycles. The molecule has 1 heterocycles. The number of halogens is 1. The zero-order valence-electron chi connectivity index (χ0n) is 16.2. The first-order chi connectivity index (χ1) is 12.0. The smallest absolute Gasteiger partial charge is 0.243 e. The van der Waals surface area contributed by atoms with Gasteiger partial charge in [0, 0.05) is 52.3 Å². The van der Waals surface area contributed by atoms with E-state index in [0.29, 0.717) is 12.5 Å². The lowest BCUT2D eigenvalue weighted by atomic mass is 10.4. The van der Waals surface area contributed by atoms with Gasteiger partial charge in [0.1, 0.15) is 6.54 Å². The number of likely N-dealkylation sites (N-methyl/N-ethyl adjacent to an activating group) is 2. The summed E-state index contributed by atoms with van der Waals surface area (Å²) in [4.78, 5) is 21.2. The third kappa shape index (κ3) is 11.7. The summed E-state index contributed by atoms with van der Waals surface area (Å²) in [5, 5.41) is 8.63. The Morgan fingerprint density at radius 1 is 1.27 bits per heavy atom. The Hall–Kier alpha value is -0.910. The van der Waals surface area contributed by atoms with Crippen molar-refractivity contribution in [3.63, 3.8) is 0 Å². The molecule has 0 unspecified atom stereocenters. The molecule has 0 saturated carbocycles. The van der Waals surface area contributed by atoms with Gasteiger partial charge >= 0.3 is 0 Å². The van der Waals surface area contributed by atoms with E-state index in [9.17, 15) is 4.79 Å². The summed E-state index contributed by atoms with van der Waals surface area (Å²) in [5.74, 6) is 0.641. The van der Waals surface area contributed by atoms with Gasteiger partial charge in [-0.25, -0.2) is 4.99 Å². The van der Waals surface area contributed by atoms with Crippen molar-refractivity contribution in [2.75, 3.05) is 61.0 Å². The number of guanidine groups is 1. The van der Waals surface area contributed by atoms with Crippen LogP contribution in [-0.4, -0.2) is 82.7 Å². The van der Waals surface area contributed by atoms with Crippen LogP contribution in [0, 0.1) is 0 Å². The lowest BCUT2D eigenvalue weighted by Crippen LogP contribution is -2.41. The molecule has 0 aromatic carbocycles. The number of nitrogens with zero attached hydrogens (tertiary/aromatic N) is 3. The molecule has 0 fully saturated rings. The normalized spacial score (nSPS) is 11.2. The number of amides is 1. The summed E-state index contributed by atoms with van der Waals surface area (Å²) < 4.78 is 5.07. The molecular formula is C17H32IN5O2S. The second-order valence-electron chi connectivity index (χ2n) is 5.96. The van der Waals surface area contributed by atoms with Crippen LogP contribution in [0.4, 0.5) is 0 Å². The summed E-state index contributed by atoms with van der Waals surface area (Å²) in [6, 6.07) is 4.10. The standard InChI is InChI=1S/C17H31N5O2S.HI/c1-21(2)16(23)14-20-17(19-13-15-7-5-12-25-15)18-8-10-22(3)9-6-11-24-4;/h5,7,12H,6,8-11,13-14H2,1-4H3,(H2,18,19,20);1H. The van der Waals surface area contributed by atoms with Gasteiger partial charge in [0.05, 0.1) is 6.54 Å². The number of carbonyl (C=O) groups excluding carboxylic acids is 1. The average Bonchev–Trinajstić information content (AvgIpc) is 3.10. The lowest BCUT2D eigenvalue weighted by Gasteiger charge is -2.18. The quantitative estimate of drug-likeness (QED) is 0.210. The third-order valence-corrected chi connectivity index (χ3v) is 4.43. The molecule has 2 N–H and O–H groups in total. The van der Waals surface area contributed by atoms with Gasteiger partial charge in [-0.15, -0.1) is 35.3 Å². The Kier molecular flexibility index (Phi) is 14.6. The molecule has 1 rings (SSSR count). The van der Waals surface area contributed by atoms with Crippen molar-refractivity contribution < 1.29 is 9.53 Å². The maximum Gasteiger partial charge on any atom is 0.243 e. The van der Waals surface area contributed by atoms with E-state index < -0.39 is 0 Å². The van der Waals surface area contributed by atoms with Crippen LogP contribution in [0.15, 0.2) is 22.5 Å². The van der Waals surface area contributed by atoms with Crippen LogP contribution in [0.3, 0.4) is 0 Å². The van der Waals surface area contributed by atoms with Crippen molar-refractivity contribution in [1.29, 1.82) is 0 Å². The topological polar surface area (TPSA) is 69.2 Å². The van der Waals surface area contributed by atoms with E-state index in [1.165, 1.54) is 4.88 Å². The van der Waals surface area contributed by atoms with Crippen molar-refractivity contribution in [3.05, 3.63) is 22.4 Å². The van der Waals surface area contributed by atoms with Crippen LogP contribution < -0.4 is 10.6 Å². The van der Waals surface area contributed by atoms with Crippen LogP contribution in [0.25, 0.3) is 0 Å². The van der Waals surface area contributed by atoms with Gasteiger partial charge in [-0.1, -0.05) is 6.07 Å². The summed E-state index contributed by atoms with van der Waals surface area (Å²) >= 11 is 1.69. The van der Waals surface area contributed by atoms with E-state index in [-0.39, 0.29) is 36.4 Å². The van der Waals surface area contributed by atoms with Crippen molar-refractivity contribution in [1.82, 2.24) is 20.4 Å². The zero-order valence-corrected chi connectivity index (χ0v) is 19.3. The maximum atomic E-state index is 11.8. The van der Waals surface area contributed by atoms with Gasteiger partial charge in [-0.2, -0.15) is 0 Å². The highest BCUT2D eigenvalue weighted by molar-refractivity contribution is 14.0. The molecule has 0 atom stereocenters. The van der Waals surface area contributed by atoms with E-state index in [1.807, 2.05) is 11.4 Å². The molecule has 9 heteroatoms. The van der Waals surface area contributed by atoms with Crippen LogP contribution in [0.1, 0.15) is 11.3 Å². The largest absolute Gasteiger partial charge is 0.385 e. The Morgan fingerprint density at radius 3 is 2.65 bits per heavy atom. The van der Waals surface area contributed by atoms with Crippen LogP contribution in [0.2, 0.25) is 0 Å². The minimum Gasteiger partial charge on any atom is -0.385 e. The number of rotatable bonds is 11. The van der Waals surface area contributed by atoms with Crippen LogP contribution in [-0.2, 0) is 16.1 Å². The van der Waals surface area contributed by atoms with Gasteiger partial charge < -0.3 is 25.2 Å². The number of hydrogen-bond donors (Lipinski definition) is 2. The van der Waals surface area contributed by atoms with Crippen molar-refractivity contribution in [2.24, 2.45) is 4.99 Å². The molecule has 26 heavy (non-hydrogen) atoms. The Labute approximate surface area is 178 Å². The Bertz CT molecular complexity index is 511. The molecule has 0 saturated heterocycles. The molecule has 0 aliphatic heterocycles. The van der Waals surface area contributed by atoms with Gasteiger partial charge in [-0.3, -0.25) is 4.79 Å². The number of aliphatic imine (C=N–C) groups is 1. The summed E-state index contributed by atoms with van der Waals surface area (Å²) in [6.07, 6.45) is 1.02. The highest BCUT2D eigenvalue weighted by atomic mass is 127. The first kappa shape index (κ1) is 25.1. The minimum absolute atomic E-state index is 0. The lowest BCUT2D eigenvalue weighted by molar-refractivity contribution is -0.127. The SMILES string of the molecule is COCCCN(C)CCNC(=NCC(=O)N(C)C)NCc1cccs1.I. The summed E-state index contributed by atoms with van der Waals surface area (Å²) in [5.41, 5.74) is 0. The monoisotopic (exact) mass is 497 g/mol. The average molecular weight is 497 g/mol. The first-order valence-electron chi connectivity index (χ1n) is 8.45. The van der Waals surface area contributed by atoms with Gasteiger partial charge in [0.15, 0.2) is 5.96 Å². The summed E-state index contributed by atoms with van der Waals surface area (Å²) in [7, 11) is 7.28. The molecule has 0 aliphatic carbocycles. The first-order valence-corrected chi connectivity index (χ1v) is 9.33. The minimum atomic E-state index is -0.0195. The molecule has 1 aromatic rings. The molecule has 0 bridgehead atoms. The number of methoxy groups -OCH3 is 1. The fourth-order valence-electron chi connectivity index (χ4n) is 2.00. The van der Waals surface area contributed by atoms with Gasteiger partial charge in [-0.05, 0) is 24.9 Å². The van der Waals surface area contributed by atoms with Crippen molar-refractivity contribution in [3.8, 4) is 0 Å². The fraction of sp³-hybridized carbons (Fsp3) is 0.647. The van der Waals surface area contributed by atoms with Crippen LogP contribution >= 0.6 is 35.3 Å². The van der Waals surface area contributed by atoms with E-state index >= 15 is 0 Å². The molecule has 0 spiro atoms. The molecular weight excluding hydrogens is 465 g/mol. The maximum absolute atomic E-state index is 11.8. The highest BCUT2D eigenvalue weighted by Gasteiger charge is 2.05. The molecule has 1 amide bonds. The van der Waals surface area contributed by atoms with E-state index in [2.05, 4.69) is 33.6 Å². The van der Waals surface area contributed by atoms with Crippen molar-refractivity contribution >= 4 is 47.2 Å². The Morgan fingerprint density at radius 2 is 2.04 bits per heavy atom. The molecule has 0 aliphatic rings. The van der Waals surface area contributed by atoms with E-state index in [0.717, 1.165) is 32.7 Å². The second kappa shape index (κ2) is 15.2. The van der Waals surface area contributed by atoms with E-state index in [4.69, 9.17) is 4.74 Å². The second-order valence-corrected chi connectivity index (χ2v) is 6.99. The number of carbonyl (C=O) groups is 1. The molecule has 7 nitrogen and oxygen atoms in total. The predicted octanol–water partition coefficient (Wildman–Crippen LogP) is 1.46. The fourth-order valence-corrected chi connectivity index (χ4v) is 2.65. The third-order valence-electron chi connectivity index (χ3n) is 3.56. The zero-order chi connectivity index (χ0) is 18.5. The number of hydrogen-bond acceptors (Lipinski definition) is 5. The highest BCUT2D eigenvalue weighted by Crippen LogP contribution is 2.07.